The third-order valence-electron chi connectivity index (χ3n) is 3.94. The maximum Gasteiger partial charge on any atom is 0.328 e. The normalized spacial score (nSPS) is 16.7. The first kappa shape index (κ1) is 17.3. The minimum atomic E-state index is -1.27. The van der Waals surface area contributed by atoms with Gasteiger partial charge in [-0.25, -0.2) is 9.59 Å². The number of aromatic amines is 1. The van der Waals surface area contributed by atoms with Gasteiger partial charge >= 0.3 is 11.7 Å². The standard InChI is InChI=1S/C14H18ClN3O5/c15-9-6-18(14(23)17-12(9)20)7-10(13(21)22)16-11(19)8-4-2-1-3-5-8/h6,8,10H,1-5,7H2,(H,16,19)(H,21,22)(H,17,20,23)/t10-/m0/s1. The predicted octanol–water partition coefficient (Wildman–Crippen LogP) is 0.340. The molecule has 1 amide bonds. The molecule has 1 atom stereocenters. The van der Waals surface area contributed by atoms with Gasteiger partial charge in [-0.3, -0.25) is 19.1 Å². The van der Waals surface area contributed by atoms with Crippen molar-refractivity contribution >= 4 is 23.5 Å². The quantitative estimate of drug-likeness (QED) is 0.711. The first-order valence-corrected chi connectivity index (χ1v) is 7.78. The Hall–Kier alpha value is -2.09. The molecule has 126 valence electrons. The molecule has 1 saturated carbocycles. The second-order valence-electron chi connectivity index (χ2n) is 5.62. The lowest BCUT2D eigenvalue weighted by molar-refractivity contribution is -0.143. The average molecular weight is 344 g/mol. The number of halogens is 1. The number of aromatic nitrogens is 2. The molecule has 0 saturated heterocycles. The average Bonchev–Trinajstić information content (AvgIpc) is 2.52. The van der Waals surface area contributed by atoms with Crippen LogP contribution in [0.25, 0.3) is 0 Å². The zero-order valence-corrected chi connectivity index (χ0v) is 13.1. The van der Waals surface area contributed by atoms with Crippen LogP contribution in [0.15, 0.2) is 15.8 Å². The van der Waals surface area contributed by atoms with Crippen molar-refractivity contribution in [1.82, 2.24) is 14.9 Å². The van der Waals surface area contributed by atoms with E-state index < -0.39 is 23.3 Å². The number of nitrogens with zero attached hydrogens (tertiary/aromatic N) is 1. The summed E-state index contributed by atoms with van der Waals surface area (Å²) in [6.07, 6.45) is 5.52. The molecule has 8 nitrogen and oxygen atoms in total. The van der Waals surface area contributed by atoms with Crippen LogP contribution in [-0.4, -0.2) is 32.6 Å². The van der Waals surface area contributed by atoms with Crippen molar-refractivity contribution in [2.75, 3.05) is 0 Å². The molecule has 9 heteroatoms. The van der Waals surface area contributed by atoms with Crippen LogP contribution >= 0.6 is 11.6 Å². The maximum absolute atomic E-state index is 12.2. The van der Waals surface area contributed by atoms with E-state index in [2.05, 4.69) is 5.32 Å². The number of amides is 1. The van der Waals surface area contributed by atoms with E-state index in [1.54, 1.807) is 0 Å². The van der Waals surface area contributed by atoms with Gasteiger partial charge in [0.1, 0.15) is 11.1 Å². The minimum absolute atomic E-state index is 0.193. The third kappa shape index (κ3) is 4.44. The highest BCUT2D eigenvalue weighted by Crippen LogP contribution is 2.23. The van der Waals surface area contributed by atoms with Crippen molar-refractivity contribution in [1.29, 1.82) is 0 Å². The molecule has 1 heterocycles. The Labute approximate surface area is 136 Å². The highest BCUT2D eigenvalue weighted by Gasteiger charge is 2.27. The number of carbonyl (C=O) groups excluding carboxylic acids is 1. The molecule has 1 aliphatic carbocycles. The van der Waals surface area contributed by atoms with Crippen molar-refractivity contribution in [3.8, 4) is 0 Å². The number of rotatable bonds is 5. The second-order valence-corrected chi connectivity index (χ2v) is 6.03. The Morgan fingerprint density at radius 3 is 2.61 bits per heavy atom. The van der Waals surface area contributed by atoms with Crippen LogP contribution in [0.4, 0.5) is 0 Å². The zero-order chi connectivity index (χ0) is 17.0. The Balaban J connectivity index is 2.11. The lowest BCUT2D eigenvalue weighted by Crippen LogP contribution is -2.48. The van der Waals surface area contributed by atoms with Crippen molar-refractivity contribution < 1.29 is 14.7 Å². The molecular weight excluding hydrogens is 326 g/mol. The zero-order valence-electron chi connectivity index (χ0n) is 12.4. The highest BCUT2D eigenvalue weighted by molar-refractivity contribution is 6.30. The van der Waals surface area contributed by atoms with E-state index in [4.69, 9.17) is 11.6 Å². The summed E-state index contributed by atoms with van der Waals surface area (Å²) in [6, 6.07) is -1.27. The van der Waals surface area contributed by atoms with Crippen LogP contribution in [0, 0.1) is 5.92 Å². The Morgan fingerprint density at radius 1 is 1.35 bits per heavy atom. The summed E-state index contributed by atoms with van der Waals surface area (Å²) in [7, 11) is 0. The number of carboxylic acid groups (broad SMARTS) is 1. The number of aliphatic carboxylic acids is 1. The van der Waals surface area contributed by atoms with Gasteiger partial charge in [0.05, 0.1) is 6.54 Å². The van der Waals surface area contributed by atoms with E-state index in [0.717, 1.165) is 42.9 Å². The Morgan fingerprint density at radius 2 is 2.00 bits per heavy atom. The Bertz CT molecular complexity index is 705. The third-order valence-corrected chi connectivity index (χ3v) is 4.21. The van der Waals surface area contributed by atoms with E-state index >= 15 is 0 Å². The summed E-state index contributed by atoms with van der Waals surface area (Å²) in [5.74, 6) is -1.77. The summed E-state index contributed by atoms with van der Waals surface area (Å²) < 4.78 is 0.962. The summed E-state index contributed by atoms with van der Waals surface area (Å²) >= 11 is 5.64. The van der Waals surface area contributed by atoms with Gasteiger partial charge in [0.25, 0.3) is 5.56 Å². The van der Waals surface area contributed by atoms with Crippen LogP contribution in [-0.2, 0) is 16.1 Å². The van der Waals surface area contributed by atoms with E-state index in [-0.39, 0.29) is 23.4 Å². The molecule has 0 bridgehead atoms. The van der Waals surface area contributed by atoms with Gasteiger partial charge in [0.15, 0.2) is 0 Å². The van der Waals surface area contributed by atoms with Crippen molar-refractivity contribution in [3.05, 3.63) is 32.1 Å². The number of H-pyrrole nitrogens is 1. The van der Waals surface area contributed by atoms with E-state index in [1.807, 2.05) is 4.98 Å². The fourth-order valence-corrected chi connectivity index (χ4v) is 2.82. The maximum atomic E-state index is 12.2. The number of carboxylic acids is 1. The number of nitrogens with one attached hydrogen (secondary N) is 2. The fourth-order valence-electron chi connectivity index (χ4n) is 2.65. The first-order valence-electron chi connectivity index (χ1n) is 7.41. The van der Waals surface area contributed by atoms with Crippen LogP contribution in [0.2, 0.25) is 5.02 Å². The van der Waals surface area contributed by atoms with Gasteiger partial charge < -0.3 is 10.4 Å². The first-order chi connectivity index (χ1) is 10.9. The van der Waals surface area contributed by atoms with Crippen LogP contribution in [0.3, 0.4) is 0 Å². The number of carbonyl (C=O) groups is 2. The molecule has 0 aliphatic heterocycles. The molecular formula is C14H18ClN3O5. The van der Waals surface area contributed by atoms with Gasteiger partial charge in [-0.15, -0.1) is 0 Å². The molecule has 1 aromatic heterocycles. The van der Waals surface area contributed by atoms with Crippen LogP contribution in [0.1, 0.15) is 32.1 Å². The minimum Gasteiger partial charge on any atom is -0.480 e. The molecule has 1 aromatic rings. The van der Waals surface area contributed by atoms with Crippen molar-refractivity contribution in [2.45, 2.75) is 44.7 Å². The monoisotopic (exact) mass is 343 g/mol. The summed E-state index contributed by atoms with van der Waals surface area (Å²) in [4.78, 5) is 48.4. The van der Waals surface area contributed by atoms with E-state index in [0.29, 0.717) is 0 Å². The van der Waals surface area contributed by atoms with Gasteiger partial charge in [-0.1, -0.05) is 30.9 Å². The SMILES string of the molecule is O=C(N[C@@H](Cn1cc(Cl)c(=O)[nH]c1=O)C(=O)O)C1CCCCC1. The van der Waals surface area contributed by atoms with Gasteiger partial charge in [-0.05, 0) is 12.8 Å². The van der Waals surface area contributed by atoms with Crippen molar-refractivity contribution in [2.24, 2.45) is 5.92 Å². The smallest absolute Gasteiger partial charge is 0.328 e. The summed E-state index contributed by atoms with van der Waals surface area (Å²) in [6.45, 7) is -0.316. The molecule has 1 aliphatic rings. The predicted molar refractivity (Wildman–Crippen MR) is 82.5 cm³/mol. The van der Waals surface area contributed by atoms with Gasteiger partial charge in [0, 0.05) is 12.1 Å². The van der Waals surface area contributed by atoms with Crippen molar-refractivity contribution in [3.63, 3.8) is 0 Å². The topological polar surface area (TPSA) is 121 Å². The number of hydrogen-bond acceptors (Lipinski definition) is 4. The second kappa shape index (κ2) is 7.45. The molecule has 23 heavy (non-hydrogen) atoms. The summed E-state index contributed by atoms with van der Waals surface area (Å²) in [5.41, 5.74) is -1.52. The molecule has 0 unspecified atom stereocenters. The lowest BCUT2D eigenvalue weighted by atomic mass is 9.88. The molecule has 1 fully saturated rings. The highest BCUT2D eigenvalue weighted by atomic mass is 35.5. The molecule has 0 radical (unpaired) electrons. The van der Waals surface area contributed by atoms with E-state index in [9.17, 15) is 24.3 Å². The van der Waals surface area contributed by atoms with Gasteiger partial charge in [0.2, 0.25) is 5.91 Å². The lowest BCUT2D eigenvalue weighted by Gasteiger charge is -2.23. The van der Waals surface area contributed by atoms with Crippen LogP contribution < -0.4 is 16.6 Å². The molecule has 3 N–H and O–H groups in total. The van der Waals surface area contributed by atoms with Crippen LogP contribution in [0.5, 0.6) is 0 Å². The fraction of sp³-hybridized carbons (Fsp3) is 0.571. The van der Waals surface area contributed by atoms with Gasteiger partial charge in [-0.2, -0.15) is 0 Å². The molecule has 2 rings (SSSR count). The van der Waals surface area contributed by atoms with E-state index in [1.165, 1.54) is 0 Å². The largest absolute Gasteiger partial charge is 0.480 e. The molecule has 0 aromatic carbocycles. The molecule has 0 spiro atoms. The summed E-state index contributed by atoms with van der Waals surface area (Å²) in [5, 5.41) is 11.5. The Kier molecular flexibility index (Phi) is 5.59. The number of hydrogen-bond donors (Lipinski definition) is 3.